The Bertz CT molecular complexity index is 1280. The van der Waals surface area contributed by atoms with Crippen molar-refractivity contribution in [3.8, 4) is 5.75 Å². The number of amides is 1. The highest BCUT2D eigenvalue weighted by Gasteiger charge is 2.27. The largest absolute Gasteiger partial charge is 0.495 e. The van der Waals surface area contributed by atoms with Crippen molar-refractivity contribution in [2.45, 2.75) is 15.5 Å². The molecule has 35 heavy (non-hydrogen) atoms. The lowest BCUT2D eigenvalue weighted by atomic mass is 10.1. The van der Waals surface area contributed by atoms with Gasteiger partial charge in [0.15, 0.2) is 0 Å². The first-order valence-corrected chi connectivity index (χ1v) is 13.7. The third-order valence-corrected chi connectivity index (χ3v) is 8.69. The number of ether oxygens (including phenoxy) is 2. The lowest BCUT2D eigenvalue weighted by Crippen LogP contribution is -2.40. The fourth-order valence-electron chi connectivity index (χ4n) is 3.53. The van der Waals surface area contributed by atoms with Gasteiger partial charge >= 0.3 is 0 Å². The molecule has 0 atom stereocenters. The average Bonchev–Trinajstić information content (AvgIpc) is 2.89. The lowest BCUT2D eigenvalue weighted by molar-refractivity contribution is 0.0730. The summed E-state index contributed by atoms with van der Waals surface area (Å²) in [7, 11) is -2.24. The van der Waals surface area contributed by atoms with Crippen molar-refractivity contribution >= 4 is 45.0 Å². The zero-order valence-electron chi connectivity index (χ0n) is 19.1. The first kappa shape index (κ1) is 25.5. The number of nitrogens with zero attached hydrogens (tertiary/aromatic N) is 1. The Morgan fingerprint density at radius 2 is 1.74 bits per heavy atom. The molecule has 10 heteroatoms. The number of carbonyl (C=O) groups excluding carboxylic acids is 1. The molecule has 4 rings (SSSR count). The van der Waals surface area contributed by atoms with Crippen molar-refractivity contribution in [3.63, 3.8) is 0 Å². The molecular weight excluding hydrogens is 508 g/mol. The molecule has 3 aromatic rings. The van der Waals surface area contributed by atoms with Crippen LogP contribution in [0.5, 0.6) is 5.75 Å². The molecule has 1 saturated heterocycles. The van der Waals surface area contributed by atoms with Crippen LogP contribution < -0.4 is 10.1 Å². The molecule has 0 saturated carbocycles. The number of sulfonamides is 1. The van der Waals surface area contributed by atoms with Crippen molar-refractivity contribution < 1.29 is 22.7 Å². The number of halogens is 1. The quantitative estimate of drug-likeness (QED) is 0.415. The van der Waals surface area contributed by atoms with Gasteiger partial charge in [0.25, 0.3) is 5.91 Å². The van der Waals surface area contributed by atoms with Crippen molar-refractivity contribution in [2.24, 2.45) is 0 Å². The Kier molecular flexibility index (Phi) is 8.35. The van der Waals surface area contributed by atoms with Crippen molar-refractivity contribution in [3.05, 3.63) is 82.9 Å². The molecule has 1 fully saturated rings. The van der Waals surface area contributed by atoms with Crippen LogP contribution >= 0.6 is 23.4 Å². The van der Waals surface area contributed by atoms with E-state index in [-0.39, 0.29) is 16.5 Å². The van der Waals surface area contributed by atoms with Crippen LogP contribution in [0.1, 0.15) is 15.9 Å². The zero-order valence-corrected chi connectivity index (χ0v) is 21.5. The summed E-state index contributed by atoms with van der Waals surface area (Å²) in [5.74, 6) is 0.759. The van der Waals surface area contributed by atoms with Crippen LogP contribution in [-0.4, -0.2) is 52.0 Å². The third kappa shape index (κ3) is 6.36. The molecule has 1 aliphatic heterocycles. The van der Waals surface area contributed by atoms with Crippen LogP contribution in [0.15, 0.2) is 76.5 Å². The second-order valence-corrected chi connectivity index (χ2v) is 11.2. The molecule has 1 amide bonds. The van der Waals surface area contributed by atoms with Gasteiger partial charge in [-0.1, -0.05) is 23.7 Å². The molecule has 3 aromatic carbocycles. The minimum atomic E-state index is -3.71. The number of thioether (sulfide) groups is 1. The topological polar surface area (TPSA) is 84.9 Å². The molecule has 0 spiro atoms. The summed E-state index contributed by atoms with van der Waals surface area (Å²) in [4.78, 5) is 14.1. The van der Waals surface area contributed by atoms with Gasteiger partial charge in [0.05, 0.1) is 30.9 Å². The molecule has 184 valence electrons. The van der Waals surface area contributed by atoms with Gasteiger partial charge in [-0.2, -0.15) is 4.31 Å². The minimum absolute atomic E-state index is 0.0880. The summed E-state index contributed by atoms with van der Waals surface area (Å²) >= 11 is 7.60. The smallest absolute Gasteiger partial charge is 0.255 e. The van der Waals surface area contributed by atoms with Crippen molar-refractivity contribution in [1.82, 2.24) is 4.31 Å². The SMILES string of the molecule is COc1ccc(S(=O)(=O)N2CCOCC2)cc1NC(=O)c1ccc(CSc2ccc(Cl)cc2)cc1. The van der Waals surface area contributed by atoms with Crippen LogP contribution in [-0.2, 0) is 20.5 Å². The van der Waals surface area contributed by atoms with Gasteiger partial charge in [-0.15, -0.1) is 11.8 Å². The van der Waals surface area contributed by atoms with Gasteiger partial charge < -0.3 is 14.8 Å². The molecule has 1 aliphatic rings. The Hall–Kier alpha value is -2.56. The van der Waals surface area contributed by atoms with Gasteiger partial charge in [-0.25, -0.2) is 8.42 Å². The highest BCUT2D eigenvalue weighted by molar-refractivity contribution is 7.98. The summed E-state index contributed by atoms with van der Waals surface area (Å²) in [5.41, 5.74) is 1.81. The molecule has 0 unspecified atom stereocenters. The number of hydrogen-bond acceptors (Lipinski definition) is 6. The summed E-state index contributed by atoms with van der Waals surface area (Å²) < 4.78 is 38.0. The molecule has 0 bridgehead atoms. The van der Waals surface area contributed by atoms with Gasteiger partial charge in [-0.05, 0) is 60.2 Å². The number of hydrogen-bond donors (Lipinski definition) is 1. The lowest BCUT2D eigenvalue weighted by Gasteiger charge is -2.26. The highest BCUT2D eigenvalue weighted by Crippen LogP contribution is 2.30. The van der Waals surface area contributed by atoms with Gasteiger partial charge in [0.2, 0.25) is 10.0 Å². The third-order valence-electron chi connectivity index (χ3n) is 5.46. The molecule has 0 radical (unpaired) electrons. The Morgan fingerprint density at radius 3 is 2.40 bits per heavy atom. The van der Waals surface area contributed by atoms with E-state index in [4.69, 9.17) is 21.1 Å². The number of morpholine rings is 1. The molecule has 0 aromatic heterocycles. The van der Waals surface area contributed by atoms with E-state index in [0.717, 1.165) is 16.2 Å². The second-order valence-electron chi connectivity index (χ2n) is 7.77. The van der Waals surface area contributed by atoms with E-state index in [1.54, 1.807) is 30.0 Å². The van der Waals surface area contributed by atoms with Gasteiger partial charge in [-0.3, -0.25) is 4.79 Å². The van der Waals surface area contributed by atoms with Crippen LogP contribution in [0, 0.1) is 0 Å². The molecule has 0 aliphatic carbocycles. The van der Waals surface area contributed by atoms with Crippen LogP contribution in [0.4, 0.5) is 5.69 Å². The molecule has 1 N–H and O–H groups in total. The van der Waals surface area contributed by atoms with Crippen molar-refractivity contribution in [1.29, 1.82) is 0 Å². The van der Waals surface area contributed by atoms with E-state index in [9.17, 15) is 13.2 Å². The molecule has 1 heterocycles. The van der Waals surface area contributed by atoms with E-state index in [1.165, 1.54) is 23.5 Å². The summed E-state index contributed by atoms with van der Waals surface area (Å²) in [5, 5.41) is 3.49. The number of methoxy groups -OCH3 is 1. The molecule has 7 nitrogen and oxygen atoms in total. The first-order valence-electron chi connectivity index (χ1n) is 10.9. The van der Waals surface area contributed by atoms with E-state index in [1.807, 2.05) is 36.4 Å². The predicted molar refractivity (Wildman–Crippen MR) is 138 cm³/mol. The predicted octanol–water partition coefficient (Wildman–Crippen LogP) is 4.91. The summed E-state index contributed by atoms with van der Waals surface area (Å²) in [6.07, 6.45) is 0. The number of carbonyl (C=O) groups is 1. The maximum Gasteiger partial charge on any atom is 0.255 e. The van der Waals surface area contributed by atoms with Crippen molar-refractivity contribution in [2.75, 3.05) is 38.7 Å². The average molecular weight is 533 g/mol. The standard InChI is InChI=1S/C25H25ClN2O5S2/c1-32-24-11-10-22(35(30,31)28-12-14-33-15-13-28)16-23(24)27-25(29)19-4-2-18(3-5-19)17-34-21-8-6-20(26)7-9-21/h2-11,16H,12-15,17H2,1H3,(H,27,29). The fraction of sp³-hybridized carbons (Fsp3) is 0.240. The van der Waals surface area contributed by atoms with Gasteiger partial charge in [0, 0.05) is 34.3 Å². The molecular formula is C25H25ClN2O5S2. The minimum Gasteiger partial charge on any atom is -0.495 e. The zero-order chi connectivity index (χ0) is 24.8. The van der Waals surface area contributed by atoms with E-state index in [2.05, 4.69) is 5.32 Å². The van der Waals surface area contributed by atoms with E-state index in [0.29, 0.717) is 42.6 Å². The Balaban J connectivity index is 1.45. The van der Waals surface area contributed by atoms with Crippen LogP contribution in [0.3, 0.4) is 0 Å². The monoisotopic (exact) mass is 532 g/mol. The maximum absolute atomic E-state index is 13.0. The number of benzene rings is 3. The van der Waals surface area contributed by atoms with E-state index >= 15 is 0 Å². The Labute approximate surface area is 214 Å². The normalized spacial score (nSPS) is 14.5. The number of anilines is 1. The first-order chi connectivity index (χ1) is 16.9. The van der Waals surface area contributed by atoms with Gasteiger partial charge in [0.1, 0.15) is 5.75 Å². The summed E-state index contributed by atoms with van der Waals surface area (Å²) in [6.45, 7) is 1.29. The Morgan fingerprint density at radius 1 is 1.06 bits per heavy atom. The van der Waals surface area contributed by atoms with Crippen LogP contribution in [0.25, 0.3) is 0 Å². The summed E-state index contributed by atoms with van der Waals surface area (Å²) in [6, 6.07) is 19.4. The number of nitrogens with one attached hydrogen (secondary N) is 1. The maximum atomic E-state index is 13.0. The second kappa shape index (κ2) is 11.5. The van der Waals surface area contributed by atoms with E-state index < -0.39 is 10.0 Å². The highest BCUT2D eigenvalue weighted by atomic mass is 35.5. The fourth-order valence-corrected chi connectivity index (χ4v) is 5.94. The van der Waals surface area contributed by atoms with Crippen LogP contribution in [0.2, 0.25) is 5.02 Å². The number of rotatable bonds is 8.